The highest BCUT2D eigenvalue weighted by molar-refractivity contribution is 5.85. The molecule has 0 spiro atoms. The van der Waals surface area contributed by atoms with Crippen LogP contribution in [0.2, 0.25) is 0 Å². The van der Waals surface area contributed by atoms with Crippen LogP contribution in [-0.2, 0) is 6.54 Å². The number of aryl methyl sites for hydroxylation is 1. The first-order chi connectivity index (χ1) is 7.68. The number of hydrogen-bond donors (Lipinski definition) is 1. The summed E-state index contributed by atoms with van der Waals surface area (Å²) in [5.41, 5.74) is 4.31. The molecule has 1 aliphatic rings. The maximum absolute atomic E-state index is 3.42. The number of likely N-dealkylation sites (N-methyl/N-ethyl adjacent to an activating group) is 1. The summed E-state index contributed by atoms with van der Waals surface area (Å²) in [4.78, 5) is 2.47. The van der Waals surface area contributed by atoms with Gasteiger partial charge in [0.05, 0.1) is 0 Å². The van der Waals surface area contributed by atoms with Crippen molar-refractivity contribution in [2.45, 2.75) is 32.9 Å². The number of halogens is 1. The Bertz CT molecular complexity index is 359. The van der Waals surface area contributed by atoms with Crippen LogP contribution in [-0.4, -0.2) is 31.1 Å². The quantitative estimate of drug-likeness (QED) is 0.892. The molecule has 1 atom stereocenters. The molecule has 17 heavy (non-hydrogen) atoms. The minimum atomic E-state index is 0. The monoisotopic (exact) mass is 254 g/mol. The highest BCUT2D eigenvalue weighted by atomic mass is 35.5. The SMILES string of the molecule is Cc1cccc(CN(C)C2CCNC2)c1C.Cl. The first-order valence-corrected chi connectivity index (χ1v) is 6.14. The van der Waals surface area contributed by atoms with Crippen LogP contribution in [0, 0.1) is 13.8 Å². The van der Waals surface area contributed by atoms with Crippen molar-refractivity contribution in [1.82, 2.24) is 10.2 Å². The maximum Gasteiger partial charge on any atom is 0.0236 e. The molecule has 1 fully saturated rings. The zero-order valence-electron chi connectivity index (χ0n) is 11.0. The first-order valence-electron chi connectivity index (χ1n) is 6.14. The molecule has 0 bridgehead atoms. The molecule has 0 radical (unpaired) electrons. The summed E-state index contributed by atoms with van der Waals surface area (Å²) in [6.07, 6.45) is 1.28. The summed E-state index contributed by atoms with van der Waals surface area (Å²) in [7, 11) is 2.24. The smallest absolute Gasteiger partial charge is 0.0236 e. The fraction of sp³-hybridized carbons (Fsp3) is 0.571. The molecule has 0 aromatic heterocycles. The second-order valence-electron chi connectivity index (χ2n) is 4.92. The number of nitrogens with one attached hydrogen (secondary N) is 1. The van der Waals surface area contributed by atoms with E-state index >= 15 is 0 Å². The summed E-state index contributed by atoms with van der Waals surface area (Å²) in [5.74, 6) is 0. The van der Waals surface area contributed by atoms with Crippen LogP contribution in [0.3, 0.4) is 0 Å². The third-order valence-corrected chi connectivity index (χ3v) is 3.79. The van der Waals surface area contributed by atoms with Crippen LogP contribution < -0.4 is 5.32 Å². The maximum atomic E-state index is 3.42. The Morgan fingerprint density at radius 3 is 2.76 bits per heavy atom. The van der Waals surface area contributed by atoms with E-state index < -0.39 is 0 Å². The van der Waals surface area contributed by atoms with E-state index in [1.165, 1.54) is 29.7 Å². The lowest BCUT2D eigenvalue weighted by molar-refractivity contribution is 0.248. The van der Waals surface area contributed by atoms with Crippen molar-refractivity contribution in [3.63, 3.8) is 0 Å². The van der Waals surface area contributed by atoms with Gasteiger partial charge < -0.3 is 5.32 Å². The lowest BCUT2D eigenvalue weighted by Gasteiger charge is -2.24. The van der Waals surface area contributed by atoms with E-state index in [4.69, 9.17) is 0 Å². The molecule has 1 saturated heterocycles. The average molecular weight is 255 g/mol. The minimum Gasteiger partial charge on any atom is -0.315 e. The predicted molar refractivity (Wildman–Crippen MR) is 75.9 cm³/mol. The van der Waals surface area contributed by atoms with Crippen molar-refractivity contribution < 1.29 is 0 Å². The summed E-state index contributed by atoms with van der Waals surface area (Å²) in [6.45, 7) is 7.80. The predicted octanol–water partition coefficient (Wildman–Crippen LogP) is 2.52. The Morgan fingerprint density at radius 2 is 2.12 bits per heavy atom. The van der Waals surface area contributed by atoms with Gasteiger partial charge in [0.1, 0.15) is 0 Å². The normalized spacial score (nSPS) is 19.4. The molecular weight excluding hydrogens is 232 g/mol. The van der Waals surface area contributed by atoms with Gasteiger partial charge in [0.15, 0.2) is 0 Å². The van der Waals surface area contributed by atoms with E-state index in [1.807, 2.05) is 0 Å². The Labute approximate surface area is 111 Å². The van der Waals surface area contributed by atoms with E-state index in [-0.39, 0.29) is 12.4 Å². The molecule has 0 amide bonds. The van der Waals surface area contributed by atoms with E-state index in [0.29, 0.717) is 6.04 Å². The molecule has 96 valence electrons. The number of nitrogens with zero attached hydrogens (tertiary/aromatic N) is 1. The summed E-state index contributed by atoms with van der Waals surface area (Å²) < 4.78 is 0. The number of hydrogen-bond acceptors (Lipinski definition) is 2. The van der Waals surface area contributed by atoms with Gasteiger partial charge in [0.2, 0.25) is 0 Å². The topological polar surface area (TPSA) is 15.3 Å². The molecule has 1 aliphatic heterocycles. The molecule has 1 unspecified atom stereocenters. The summed E-state index contributed by atoms with van der Waals surface area (Å²) >= 11 is 0. The van der Waals surface area contributed by atoms with Crippen molar-refractivity contribution in [1.29, 1.82) is 0 Å². The molecular formula is C14H23ClN2. The van der Waals surface area contributed by atoms with Gasteiger partial charge in [0, 0.05) is 19.1 Å². The van der Waals surface area contributed by atoms with Crippen molar-refractivity contribution in [2.75, 3.05) is 20.1 Å². The fourth-order valence-corrected chi connectivity index (χ4v) is 2.40. The number of benzene rings is 1. The van der Waals surface area contributed by atoms with Crippen molar-refractivity contribution in [3.05, 3.63) is 34.9 Å². The summed E-state index contributed by atoms with van der Waals surface area (Å²) in [6, 6.07) is 7.31. The van der Waals surface area contributed by atoms with Crippen molar-refractivity contribution in [2.24, 2.45) is 0 Å². The molecule has 1 aromatic carbocycles. The van der Waals surface area contributed by atoms with Crippen LogP contribution in [0.15, 0.2) is 18.2 Å². The third kappa shape index (κ3) is 3.44. The largest absolute Gasteiger partial charge is 0.315 e. The molecule has 1 heterocycles. The first kappa shape index (κ1) is 14.5. The van der Waals surface area contributed by atoms with Crippen LogP contribution in [0.25, 0.3) is 0 Å². The fourth-order valence-electron chi connectivity index (χ4n) is 2.40. The van der Waals surface area contributed by atoms with Gasteiger partial charge in [-0.3, -0.25) is 4.90 Å². The van der Waals surface area contributed by atoms with Crippen LogP contribution >= 0.6 is 12.4 Å². The molecule has 0 aliphatic carbocycles. The second-order valence-corrected chi connectivity index (χ2v) is 4.92. The Kier molecular flexibility index (Phi) is 5.44. The van der Waals surface area contributed by atoms with Gasteiger partial charge in [-0.1, -0.05) is 18.2 Å². The van der Waals surface area contributed by atoms with E-state index in [9.17, 15) is 0 Å². The standard InChI is InChI=1S/C14H22N2.ClH/c1-11-5-4-6-13(12(11)2)10-16(3)14-7-8-15-9-14;/h4-6,14-15H,7-10H2,1-3H3;1H. The molecule has 2 nitrogen and oxygen atoms in total. The van der Waals surface area contributed by atoms with Gasteiger partial charge in [-0.15, -0.1) is 12.4 Å². The molecule has 1 aromatic rings. The second kappa shape index (κ2) is 6.39. The highest BCUT2D eigenvalue weighted by Gasteiger charge is 2.19. The van der Waals surface area contributed by atoms with Crippen molar-refractivity contribution >= 4 is 12.4 Å². The van der Waals surface area contributed by atoms with E-state index in [2.05, 4.69) is 49.3 Å². The van der Waals surface area contributed by atoms with Gasteiger partial charge >= 0.3 is 0 Å². The van der Waals surface area contributed by atoms with E-state index in [1.54, 1.807) is 0 Å². The zero-order valence-corrected chi connectivity index (χ0v) is 11.8. The van der Waals surface area contributed by atoms with Crippen LogP contribution in [0.4, 0.5) is 0 Å². The van der Waals surface area contributed by atoms with Crippen LogP contribution in [0.5, 0.6) is 0 Å². The molecule has 1 N–H and O–H groups in total. The Balaban J connectivity index is 0.00000144. The van der Waals surface area contributed by atoms with Crippen molar-refractivity contribution in [3.8, 4) is 0 Å². The third-order valence-electron chi connectivity index (χ3n) is 3.79. The Morgan fingerprint density at radius 1 is 1.35 bits per heavy atom. The van der Waals surface area contributed by atoms with Crippen LogP contribution in [0.1, 0.15) is 23.1 Å². The van der Waals surface area contributed by atoms with E-state index in [0.717, 1.165) is 13.1 Å². The Hall–Kier alpha value is -0.570. The summed E-state index contributed by atoms with van der Waals surface area (Å²) in [5, 5.41) is 3.42. The lowest BCUT2D eigenvalue weighted by Crippen LogP contribution is -2.33. The number of rotatable bonds is 3. The average Bonchev–Trinajstić information content (AvgIpc) is 2.78. The van der Waals surface area contributed by atoms with Gasteiger partial charge in [-0.25, -0.2) is 0 Å². The van der Waals surface area contributed by atoms with Gasteiger partial charge in [0.25, 0.3) is 0 Å². The highest BCUT2D eigenvalue weighted by Crippen LogP contribution is 2.16. The minimum absolute atomic E-state index is 0. The van der Waals surface area contributed by atoms with Gasteiger partial charge in [-0.05, 0) is 50.6 Å². The van der Waals surface area contributed by atoms with Gasteiger partial charge in [-0.2, -0.15) is 0 Å². The molecule has 2 rings (SSSR count). The zero-order chi connectivity index (χ0) is 11.5. The lowest BCUT2D eigenvalue weighted by atomic mass is 10.0. The molecule has 3 heteroatoms. The molecule has 0 saturated carbocycles.